The Balaban J connectivity index is 1.27. The van der Waals surface area contributed by atoms with Crippen LogP contribution in [0.5, 0.6) is 0 Å². The molecule has 2 aromatic rings. The van der Waals surface area contributed by atoms with Crippen molar-refractivity contribution in [2.24, 2.45) is 0 Å². The molecule has 30 heavy (non-hydrogen) atoms. The van der Waals surface area contributed by atoms with E-state index in [1.54, 1.807) is 17.3 Å². The lowest BCUT2D eigenvalue weighted by Gasteiger charge is -2.43. The molecule has 0 radical (unpaired) electrons. The quantitative estimate of drug-likeness (QED) is 0.847. The van der Waals surface area contributed by atoms with Gasteiger partial charge in [-0.1, -0.05) is 37.3 Å². The maximum absolute atomic E-state index is 12.8. The van der Waals surface area contributed by atoms with Crippen LogP contribution in [0.2, 0.25) is 0 Å². The molecule has 7 heteroatoms. The minimum atomic E-state index is -0.158. The molecule has 158 valence electrons. The molecule has 1 aromatic heterocycles. The number of carbonyl (C=O) groups is 1. The average Bonchev–Trinajstić information content (AvgIpc) is 3.13. The Labute approximate surface area is 177 Å². The van der Waals surface area contributed by atoms with Crippen LogP contribution in [-0.4, -0.2) is 54.4 Å². The van der Waals surface area contributed by atoms with Gasteiger partial charge in [-0.3, -0.25) is 4.90 Å². The number of rotatable bonds is 3. The van der Waals surface area contributed by atoms with Gasteiger partial charge in [0.15, 0.2) is 0 Å². The molecule has 0 unspecified atom stereocenters. The molecule has 2 saturated heterocycles. The number of nitrogens with zero attached hydrogens (tertiary/aromatic N) is 4. The molecule has 2 amide bonds. The van der Waals surface area contributed by atoms with Gasteiger partial charge in [0, 0.05) is 13.1 Å². The molecular weight excluding hydrogens is 378 g/mol. The van der Waals surface area contributed by atoms with Crippen LogP contribution in [-0.2, 0) is 10.2 Å². The number of nitrogens with one attached hydrogen (secondary N) is 1. The number of hydrogen-bond acceptors (Lipinski definition) is 5. The number of benzene rings is 1. The van der Waals surface area contributed by atoms with Crippen LogP contribution in [0.3, 0.4) is 0 Å². The Bertz CT molecular complexity index is 888. The summed E-state index contributed by atoms with van der Waals surface area (Å²) >= 11 is 0. The van der Waals surface area contributed by atoms with Crippen LogP contribution in [0.4, 0.5) is 16.4 Å². The summed E-state index contributed by atoms with van der Waals surface area (Å²) in [4.78, 5) is 25.7. The van der Waals surface area contributed by atoms with Gasteiger partial charge in [-0.25, -0.2) is 14.8 Å². The van der Waals surface area contributed by atoms with Gasteiger partial charge in [0.2, 0.25) is 5.95 Å². The van der Waals surface area contributed by atoms with E-state index in [1.165, 1.54) is 5.56 Å². The predicted molar refractivity (Wildman–Crippen MR) is 116 cm³/mol. The zero-order chi connectivity index (χ0) is 20.6. The molecule has 0 bridgehead atoms. The monoisotopic (exact) mass is 407 g/mol. The molecule has 1 N–H and O–H groups in total. The Hall–Kier alpha value is -2.67. The van der Waals surface area contributed by atoms with Crippen LogP contribution >= 0.6 is 0 Å². The number of urea groups is 1. The van der Waals surface area contributed by atoms with Crippen LogP contribution in [0.15, 0.2) is 42.7 Å². The van der Waals surface area contributed by atoms with Crippen molar-refractivity contribution in [3.8, 4) is 0 Å². The van der Waals surface area contributed by atoms with E-state index in [9.17, 15) is 4.79 Å². The first-order chi connectivity index (χ1) is 14.6. The van der Waals surface area contributed by atoms with Gasteiger partial charge in [0.1, 0.15) is 0 Å². The standard InChI is InChI=1S/C23H29N5O2/c1-22(18-5-3-2-4-6-18)7-9-23(10-8-22)17-28(21(29)26-23)19-15-24-20(25-16-19)27-11-13-30-14-12-27/h2-6,15-16H,7-14,17H2,1H3,(H,26,29). The van der Waals surface area contributed by atoms with Crippen LogP contribution in [0.25, 0.3) is 0 Å². The zero-order valence-corrected chi connectivity index (χ0v) is 17.5. The highest BCUT2D eigenvalue weighted by Gasteiger charge is 2.48. The van der Waals surface area contributed by atoms with E-state index in [0.29, 0.717) is 25.7 Å². The van der Waals surface area contributed by atoms with Gasteiger partial charge in [0.25, 0.3) is 0 Å². The van der Waals surface area contributed by atoms with Crippen LogP contribution in [0, 0.1) is 0 Å². The smallest absolute Gasteiger partial charge is 0.322 e. The van der Waals surface area contributed by atoms with E-state index in [4.69, 9.17) is 4.74 Å². The summed E-state index contributed by atoms with van der Waals surface area (Å²) in [6.45, 7) is 6.02. The fourth-order valence-electron chi connectivity index (χ4n) is 4.99. The Kier molecular flexibility index (Phi) is 4.85. The summed E-state index contributed by atoms with van der Waals surface area (Å²) < 4.78 is 5.39. The largest absolute Gasteiger partial charge is 0.378 e. The van der Waals surface area contributed by atoms with Crippen molar-refractivity contribution in [2.75, 3.05) is 42.6 Å². The predicted octanol–water partition coefficient (Wildman–Crippen LogP) is 3.11. The molecule has 5 rings (SSSR count). The van der Waals surface area contributed by atoms with Crippen molar-refractivity contribution in [1.82, 2.24) is 15.3 Å². The Morgan fingerprint density at radius 2 is 1.67 bits per heavy atom. The summed E-state index contributed by atoms with van der Waals surface area (Å²) in [5.74, 6) is 0.702. The van der Waals surface area contributed by atoms with Gasteiger partial charge in [-0.05, 0) is 36.7 Å². The molecule has 3 fully saturated rings. The highest BCUT2D eigenvalue weighted by atomic mass is 16.5. The fourth-order valence-corrected chi connectivity index (χ4v) is 4.99. The SMILES string of the molecule is CC1(c2ccccc2)CCC2(CC1)CN(c1cnc(N3CCOCC3)nc1)C(=O)N2. The lowest BCUT2D eigenvalue weighted by Crippen LogP contribution is -2.49. The molecule has 1 spiro atoms. The number of amides is 2. The van der Waals surface area contributed by atoms with E-state index in [0.717, 1.165) is 44.5 Å². The second-order valence-corrected chi connectivity index (χ2v) is 9.06. The Morgan fingerprint density at radius 1 is 1.00 bits per heavy atom. The highest BCUT2D eigenvalue weighted by molar-refractivity contribution is 5.95. The molecular formula is C23H29N5O2. The molecule has 1 aromatic carbocycles. The highest BCUT2D eigenvalue weighted by Crippen LogP contribution is 2.44. The zero-order valence-electron chi connectivity index (χ0n) is 17.5. The maximum atomic E-state index is 12.8. The van der Waals surface area contributed by atoms with Gasteiger partial charge >= 0.3 is 6.03 Å². The molecule has 3 heterocycles. The summed E-state index contributed by atoms with van der Waals surface area (Å²) in [5, 5.41) is 3.29. The topological polar surface area (TPSA) is 70.6 Å². The van der Waals surface area contributed by atoms with Gasteiger partial charge in [-0.2, -0.15) is 0 Å². The van der Waals surface area contributed by atoms with E-state index in [-0.39, 0.29) is 17.0 Å². The van der Waals surface area contributed by atoms with Crippen molar-refractivity contribution < 1.29 is 9.53 Å². The van der Waals surface area contributed by atoms with E-state index < -0.39 is 0 Å². The number of anilines is 2. The molecule has 1 aliphatic carbocycles. The first kappa shape index (κ1) is 19.3. The normalized spacial score (nSPS) is 29.3. The van der Waals surface area contributed by atoms with Gasteiger partial charge in [0.05, 0.1) is 43.4 Å². The van der Waals surface area contributed by atoms with Crippen LogP contribution in [0.1, 0.15) is 38.2 Å². The van der Waals surface area contributed by atoms with Crippen LogP contribution < -0.4 is 15.1 Å². The lowest BCUT2D eigenvalue weighted by atomic mass is 9.65. The number of carbonyl (C=O) groups excluding carboxylic acids is 1. The summed E-state index contributed by atoms with van der Waals surface area (Å²) in [6, 6.07) is 10.7. The van der Waals surface area contributed by atoms with Gasteiger partial charge < -0.3 is 15.0 Å². The third kappa shape index (κ3) is 3.51. The molecule has 0 atom stereocenters. The third-order valence-electron chi connectivity index (χ3n) is 7.09. The summed E-state index contributed by atoms with van der Waals surface area (Å²) in [6.07, 6.45) is 7.64. The Morgan fingerprint density at radius 3 is 2.33 bits per heavy atom. The second-order valence-electron chi connectivity index (χ2n) is 9.06. The summed E-state index contributed by atoms with van der Waals surface area (Å²) in [5.41, 5.74) is 2.17. The van der Waals surface area contributed by atoms with E-state index in [1.807, 2.05) is 0 Å². The van der Waals surface area contributed by atoms with E-state index >= 15 is 0 Å². The van der Waals surface area contributed by atoms with Crippen molar-refractivity contribution in [1.29, 1.82) is 0 Å². The lowest BCUT2D eigenvalue weighted by molar-refractivity contribution is 0.122. The van der Waals surface area contributed by atoms with Crippen molar-refractivity contribution in [3.63, 3.8) is 0 Å². The second kappa shape index (κ2) is 7.54. The number of hydrogen-bond donors (Lipinski definition) is 1. The first-order valence-electron chi connectivity index (χ1n) is 10.9. The molecule has 1 saturated carbocycles. The van der Waals surface area contributed by atoms with E-state index in [2.05, 4.69) is 57.4 Å². The van der Waals surface area contributed by atoms with Crippen molar-refractivity contribution in [2.45, 2.75) is 43.6 Å². The van der Waals surface area contributed by atoms with Crippen molar-refractivity contribution in [3.05, 3.63) is 48.3 Å². The first-order valence-corrected chi connectivity index (χ1v) is 10.9. The minimum Gasteiger partial charge on any atom is -0.378 e. The molecule has 2 aliphatic heterocycles. The fraction of sp³-hybridized carbons (Fsp3) is 0.522. The number of morpholine rings is 1. The van der Waals surface area contributed by atoms with Crippen molar-refractivity contribution >= 4 is 17.7 Å². The molecule has 3 aliphatic rings. The minimum absolute atomic E-state index is 0.0407. The number of ether oxygens (including phenoxy) is 1. The summed E-state index contributed by atoms with van der Waals surface area (Å²) in [7, 11) is 0. The average molecular weight is 408 g/mol. The van der Waals surface area contributed by atoms with Gasteiger partial charge in [-0.15, -0.1) is 0 Å². The third-order valence-corrected chi connectivity index (χ3v) is 7.09. The number of aromatic nitrogens is 2. The maximum Gasteiger partial charge on any atom is 0.322 e. The molecule has 7 nitrogen and oxygen atoms in total.